The minimum Gasteiger partial charge on any atom is -0.493 e. The normalized spacial score (nSPS) is 16.7. The molecule has 2 heterocycles. The molecule has 3 aromatic rings. The van der Waals surface area contributed by atoms with E-state index in [1.54, 1.807) is 0 Å². The summed E-state index contributed by atoms with van der Waals surface area (Å²) in [5.74, 6) is 2.07. The van der Waals surface area contributed by atoms with Gasteiger partial charge in [-0.15, -0.1) is 0 Å². The van der Waals surface area contributed by atoms with E-state index in [1.165, 1.54) is 11.1 Å². The van der Waals surface area contributed by atoms with Gasteiger partial charge in [0.25, 0.3) is 0 Å². The Hall–Kier alpha value is -2.59. The molecule has 0 spiro atoms. The highest BCUT2D eigenvalue weighted by atomic mass is 16.5. The van der Waals surface area contributed by atoms with E-state index in [4.69, 9.17) is 4.74 Å². The van der Waals surface area contributed by atoms with Gasteiger partial charge in [0.15, 0.2) is 0 Å². The summed E-state index contributed by atoms with van der Waals surface area (Å²) < 4.78 is 8.07. The van der Waals surface area contributed by atoms with Crippen molar-refractivity contribution in [2.24, 2.45) is 0 Å². The van der Waals surface area contributed by atoms with Gasteiger partial charge in [0.2, 0.25) is 0 Å². The highest BCUT2D eigenvalue weighted by Crippen LogP contribution is 2.31. The quantitative estimate of drug-likeness (QED) is 0.769. The number of nitrogens with zero attached hydrogens (tertiary/aromatic N) is 2. The molecule has 1 aromatic heterocycles. The highest BCUT2D eigenvalue weighted by molar-refractivity contribution is 5.36. The molecular weight excluding hydrogens is 310 g/mol. The van der Waals surface area contributed by atoms with E-state index in [9.17, 15) is 0 Å². The van der Waals surface area contributed by atoms with Crippen molar-refractivity contribution in [3.63, 3.8) is 0 Å². The predicted molar refractivity (Wildman–Crippen MR) is 98.5 cm³/mol. The minimum atomic E-state index is 0.306. The first-order valence-electron chi connectivity index (χ1n) is 8.89. The van der Waals surface area contributed by atoms with Crippen LogP contribution < -0.4 is 10.1 Å². The average molecular weight is 333 g/mol. The molecule has 128 valence electrons. The molecule has 4 heteroatoms. The smallest absolute Gasteiger partial charge is 0.124 e. The van der Waals surface area contributed by atoms with E-state index >= 15 is 0 Å². The Morgan fingerprint density at radius 1 is 1.08 bits per heavy atom. The third-order valence-corrected chi connectivity index (χ3v) is 4.69. The van der Waals surface area contributed by atoms with E-state index < -0.39 is 0 Å². The van der Waals surface area contributed by atoms with Crippen LogP contribution in [0.5, 0.6) is 5.75 Å². The molecule has 1 aliphatic heterocycles. The first kappa shape index (κ1) is 15.9. The Balaban J connectivity index is 1.46. The zero-order chi connectivity index (χ0) is 16.9. The summed E-state index contributed by atoms with van der Waals surface area (Å²) in [7, 11) is 0. The second-order valence-electron chi connectivity index (χ2n) is 6.42. The van der Waals surface area contributed by atoms with E-state index in [1.807, 2.05) is 24.5 Å². The van der Waals surface area contributed by atoms with Gasteiger partial charge < -0.3 is 14.6 Å². The summed E-state index contributed by atoms with van der Waals surface area (Å²) in [4.78, 5) is 4.55. The number of hydrogen-bond donors (Lipinski definition) is 1. The fourth-order valence-electron chi connectivity index (χ4n) is 3.38. The molecule has 1 aliphatic rings. The van der Waals surface area contributed by atoms with Crippen molar-refractivity contribution in [3.8, 4) is 5.75 Å². The zero-order valence-corrected chi connectivity index (χ0v) is 14.3. The Morgan fingerprint density at radius 2 is 1.92 bits per heavy atom. The van der Waals surface area contributed by atoms with Crippen LogP contribution in [0, 0.1) is 0 Å². The van der Waals surface area contributed by atoms with Gasteiger partial charge in [0.1, 0.15) is 11.6 Å². The second kappa shape index (κ2) is 7.53. The number of para-hydroxylation sites is 1. The number of imidazole rings is 1. The van der Waals surface area contributed by atoms with Crippen molar-refractivity contribution < 1.29 is 4.74 Å². The van der Waals surface area contributed by atoms with Crippen LogP contribution in [-0.2, 0) is 13.1 Å². The van der Waals surface area contributed by atoms with Crippen LogP contribution >= 0.6 is 0 Å². The average Bonchev–Trinajstić information content (AvgIpc) is 2.98. The lowest BCUT2D eigenvalue weighted by atomic mass is 10.0. The largest absolute Gasteiger partial charge is 0.493 e. The number of fused-ring (bicyclic) bond motifs is 1. The van der Waals surface area contributed by atoms with Crippen LogP contribution in [0.25, 0.3) is 0 Å². The number of ether oxygens (including phenoxy) is 1. The predicted octanol–water partition coefficient (Wildman–Crippen LogP) is 3.93. The van der Waals surface area contributed by atoms with E-state index in [2.05, 4.69) is 57.3 Å². The molecule has 0 saturated carbocycles. The maximum Gasteiger partial charge on any atom is 0.124 e. The fraction of sp³-hybridized carbons (Fsp3) is 0.286. The number of hydrogen-bond acceptors (Lipinski definition) is 3. The lowest BCUT2D eigenvalue weighted by Crippen LogP contribution is -2.23. The molecule has 1 atom stereocenters. The van der Waals surface area contributed by atoms with Gasteiger partial charge in [-0.05, 0) is 24.5 Å². The minimum absolute atomic E-state index is 0.306. The van der Waals surface area contributed by atoms with E-state index in [0.717, 1.165) is 44.1 Å². The third-order valence-electron chi connectivity index (χ3n) is 4.69. The Morgan fingerprint density at radius 3 is 2.84 bits per heavy atom. The SMILES string of the molecule is c1ccc(Cn2ccnc2CNC2CCCOc3ccccc32)cc1. The molecule has 0 saturated heterocycles. The van der Waals surface area contributed by atoms with Crippen LogP contribution in [0.4, 0.5) is 0 Å². The van der Waals surface area contributed by atoms with Gasteiger partial charge in [0.05, 0.1) is 13.2 Å². The molecular formula is C21H23N3O. The first-order chi connectivity index (χ1) is 12.4. The molecule has 25 heavy (non-hydrogen) atoms. The standard InChI is InChI=1S/C21H23N3O/c1-2-7-17(8-3-1)16-24-13-12-22-21(24)15-23-19-10-6-14-25-20-11-5-4-9-18(19)20/h1-5,7-9,11-13,19,23H,6,10,14-16H2. The van der Waals surface area contributed by atoms with Crippen molar-refractivity contribution in [1.82, 2.24) is 14.9 Å². The zero-order valence-electron chi connectivity index (χ0n) is 14.3. The molecule has 4 nitrogen and oxygen atoms in total. The molecule has 1 unspecified atom stereocenters. The Labute approximate surface area is 148 Å². The molecule has 0 aliphatic carbocycles. The van der Waals surface area contributed by atoms with Gasteiger partial charge in [0, 0.05) is 30.5 Å². The van der Waals surface area contributed by atoms with Crippen LogP contribution in [0.3, 0.4) is 0 Å². The molecule has 2 aromatic carbocycles. The Bertz CT molecular complexity index is 813. The summed E-state index contributed by atoms with van der Waals surface area (Å²) >= 11 is 0. The fourth-order valence-corrected chi connectivity index (χ4v) is 3.38. The summed E-state index contributed by atoms with van der Waals surface area (Å²) in [6.45, 7) is 2.39. The van der Waals surface area contributed by atoms with Gasteiger partial charge in [-0.1, -0.05) is 48.5 Å². The van der Waals surface area contributed by atoms with Gasteiger partial charge in [-0.2, -0.15) is 0 Å². The molecule has 4 rings (SSSR count). The monoisotopic (exact) mass is 333 g/mol. The topological polar surface area (TPSA) is 39.1 Å². The molecule has 0 bridgehead atoms. The van der Waals surface area contributed by atoms with Crippen molar-refractivity contribution in [3.05, 3.63) is 83.9 Å². The van der Waals surface area contributed by atoms with Gasteiger partial charge in [-0.3, -0.25) is 0 Å². The van der Waals surface area contributed by atoms with Crippen molar-refractivity contribution in [2.45, 2.75) is 32.0 Å². The van der Waals surface area contributed by atoms with E-state index in [-0.39, 0.29) is 0 Å². The maximum atomic E-state index is 5.86. The second-order valence-corrected chi connectivity index (χ2v) is 6.42. The van der Waals surface area contributed by atoms with Crippen molar-refractivity contribution in [2.75, 3.05) is 6.61 Å². The van der Waals surface area contributed by atoms with Crippen LogP contribution in [-0.4, -0.2) is 16.2 Å². The van der Waals surface area contributed by atoms with Crippen LogP contribution in [0.15, 0.2) is 67.0 Å². The van der Waals surface area contributed by atoms with Crippen LogP contribution in [0.1, 0.15) is 35.8 Å². The molecule has 0 radical (unpaired) electrons. The summed E-state index contributed by atoms with van der Waals surface area (Å²) in [6, 6.07) is 19.1. The number of rotatable bonds is 5. The maximum absolute atomic E-state index is 5.86. The number of nitrogens with one attached hydrogen (secondary N) is 1. The summed E-state index contributed by atoms with van der Waals surface area (Å²) in [5.41, 5.74) is 2.54. The summed E-state index contributed by atoms with van der Waals surface area (Å²) in [6.07, 6.45) is 6.07. The van der Waals surface area contributed by atoms with Crippen LogP contribution in [0.2, 0.25) is 0 Å². The third kappa shape index (κ3) is 3.74. The van der Waals surface area contributed by atoms with Crippen molar-refractivity contribution in [1.29, 1.82) is 0 Å². The first-order valence-corrected chi connectivity index (χ1v) is 8.89. The summed E-state index contributed by atoms with van der Waals surface area (Å²) in [5, 5.41) is 3.68. The molecule has 1 N–H and O–H groups in total. The molecule has 0 fully saturated rings. The number of benzene rings is 2. The Kier molecular flexibility index (Phi) is 4.79. The van der Waals surface area contributed by atoms with E-state index in [0.29, 0.717) is 6.04 Å². The number of aromatic nitrogens is 2. The van der Waals surface area contributed by atoms with Gasteiger partial charge >= 0.3 is 0 Å². The van der Waals surface area contributed by atoms with Crippen molar-refractivity contribution >= 4 is 0 Å². The molecule has 0 amide bonds. The highest BCUT2D eigenvalue weighted by Gasteiger charge is 2.19. The lowest BCUT2D eigenvalue weighted by Gasteiger charge is -2.18. The lowest BCUT2D eigenvalue weighted by molar-refractivity contribution is 0.315. The van der Waals surface area contributed by atoms with Gasteiger partial charge in [-0.25, -0.2) is 4.98 Å².